The van der Waals surface area contributed by atoms with Gasteiger partial charge in [-0.25, -0.2) is 4.98 Å². The molecular weight excluding hydrogens is 474 g/mol. The second-order valence-corrected chi connectivity index (χ2v) is 9.42. The molecule has 0 saturated heterocycles. The summed E-state index contributed by atoms with van der Waals surface area (Å²) in [5.41, 5.74) is 2.15. The van der Waals surface area contributed by atoms with Crippen molar-refractivity contribution in [2.45, 2.75) is 44.6 Å². The van der Waals surface area contributed by atoms with Gasteiger partial charge in [-0.2, -0.15) is 9.78 Å². The number of benzene rings is 3. The van der Waals surface area contributed by atoms with E-state index in [0.717, 1.165) is 31.2 Å². The number of halogens is 1. The Morgan fingerprint density at radius 2 is 1.81 bits per heavy atom. The van der Waals surface area contributed by atoms with E-state index >= 15 is 0 Å². The average molecular weight is 502 g/mol. The minimum Gasteiger partial charge on any atom is -0.493 e. The molecule has 0 bridgehead atoms. The van der Waals surface area contributed by atoms with Gasteiger partial charge >= 0.3 is 0 Å². The van der Waals surface area contributed by atoms with Crippen LogP contribution in [-0.2, 0) is 6.61 Å². The third-order valence-electron chi connectivity index (χ3n) is 6.56. The van der Waals surface area contributed by atoms with Gasteiger partial charge in [0.1, 0.15) is 12.4 Å². The fourth-order valence-corrected chi connectivity index (χ4v) is 4.93. The Bertz CT molecular complexity index is 1440. The first-order valence-corrected chi connectivity index (χ1v) is 12.6. The van der Waals surface area contributed by atoms with Crippen LogP contribution in [0.5, 0.6) is 11.5 Å². The van der Waals surface area contributed by atoms with Gasteiger partial charge in [0.2, 0.25) is 0 Å². The minimum atomic E-state index is -0.182. The summed E-state index contributed by atoms with van der Waals surface area (Å²) >= 11 is 6.38. The molecule has 0 spiro atoms. The van der Waals surface area contributed by atoms with Crippen LogP contribution in [0.4, 0.5) is 0 Å². The van der Waals surface area contributed by atoms with Crippen LogP contribution in [0.3, 0.4) is 0 Å². The fraction of sp³-hybridized carbons (Fsp3) is 0.276. The van der Waals surface area contributed by atoms with Crippen LogP contribution in [0.25, 0.3) is 10.9 Å². The molecule has 36 heavy (non-hydrogen) atoms. The highest BCUT2D eigenvalue weighted by molar-refractivity contribution is 6.31. The van der Waals surface area contributed by atoms with Gasteiger partial charge in [-0.1, -0.05) is 73.3 Å². The highest BCUT2D eigenvalue weighted by Gasteiger charge is 2.22. The molecule has 6 nitrogen and oxygen atoms in total. The zero-order valence-corrected chi connectivity index (χ0v) is 20.9. The Hall–Kier alpha value is -3.64. The van der Waals surface area contributed by atoms with Crippen molar-refractivity contribution in [3.05, 3.63) is 99.1 Å². The molecule has 4 aromatic rings. The average Bonchev–Trinajstić information content (AvgIpc) is 2.92. The Morgan fingerprint density at radius 1 is 1.06 bits per heavy atom. The summed E-state index contributed by atoms with van der Waals surface area (Å²) in [4.78, 5) is 18.4. The summed E-state index contributed by atoms with van der Waals surface area (Å²) in [6.07, 6.45) is 7.06. The van der Waals surface area contributed by atoms with Gasteiger partial charge in [0.05, 0.1) is 24.2 Å². The van der Waals surface area contributed by atoms with E-state index in [1.807, 2.05) is 48.5 Å². The van der Waals surface area contributed by atoms with E-state index in [1.54, 1.807) is 31.5 Å². The maximum Gasteiger partial charge on any atom is 0.282 e. The molecule has 3 aromatic carbocycles. The third-order valence-corrected chi connectivity index (χ3v) is 6.77. The first kappa shape index (κ1) is 24.1. The van der Waals surface area contributed by atoms with Gasteiger partial charge in [0, 0.05) is 22.6 Å². The Labute approximate surface area is 215 Å². The molecule has 0 N–H and O–H groups in total. The van der Waals surface area contributed by atoms with Crippen molar-refractivity contribution in [1.82, 2.24) is 9.66 Å². The normalized spacial score (nSPS) is 14.4. The number of hydrogen-bond acceptors (Lipinski definition) is 5. The quantitative estimate of drug-likeness (QED) is 0.269. The lowest BCUT2D eigenvalue weighted by molar-refractivity contribution is 0.284. The highest BCUT2D eigenvalue weighted by atomic mass is 35.5. The van der Waals surface area contributed by atoms with Crippen molar-refractivity contribution >= 4 is 28.7 Å². The topological polar surface area (TPSA) is 65.7 Å². The summed E-state index contributed by atoms with van der Waals surface area (Å²) in [6, 6.07) is 20.8. The highest BCUT2D eigenvalue weighted by Crippen LogP contribution is 2.35. The molecule has 0 amide bonds. The van der Waals surface area contributed by atoms with Crippen LogP contribution in [-0.4, -0.2) is 23.0 Å². The number of para-hydroxylation sites is 1. The largest absolute Gasteiger partial charge is 0.493 e. The van der Waals surface area contributed by atoms with Crippen molar-refractivity contribution in [1.29, 1.82) is 0 Å². The number of hydrogen-bond donors (Lipinski definition) is 0. The molecule has 1 saturated carbocycles. The summed E-state index contributed by atoms with van der Waals surface area (Å²) in [7, 11) is 1.57. The predicted molar refractivity (Wildman–Crippen MR) is 144 cm³/mol. The summed E-state index contributed by atoms with van der Waals surface area (Å²) in [5, 5.41) is 5.68. The van der Waals surface area contributed by atoms with E-state index in [1.165, 1.54) is 11.1 Å². The Morgan fingerprint density at radius 3 is 2.58 bits per heavy atom. The minimum absolute atomic E-state index is 0.182. The molecule has 0 atom stereocenters. The molecule has 1 fully saturated rings. The molecule has 0 unspecified atom stereocenters. The lowest BCUT2D eigenvalue weighted by atomic mass is 9.88. The first-order valence-electron chi connectivity index (χ1n) is 12.2. The molecule has 1 aliphatic carbocycles. The van der Waals surface area contributed by atoms with Crippen molar-refractivity contribution in [2.24, 2.45) is 5.10 Å². The Kier molecular flexibility index (Phi) is 7.33. The van der Waals surface area contributed by atoms with Crippen LogP contribution in [0.15, 0.2) is 76.6 Å². The van der Waals surface area contributed by atoms with E-state index in [2.05, 4.69) is 5.10 Å². The number of ether oxygens (including phenoxy) is 2. The summed E-state index contributed by atoms with van der Waals surface area (Å²) < 4.78 is 13.2. The van der Waals surface area contributed by atoms with E-state index in [-0.39, 0.29) is 11.5 Å². The molecule has 5 rings (SSSR count). The van der Waals surface area contributed by atoms with Gasteiger partial charge in [-0.3, -0.25) is 4.79 Å². The van der Waals surface area contributed by atoms with Crippen molar-refractivity contribution < 1.29 is 9.47 Å². The monoisotopic (exact) mass is 501 g/mol. The second-order valence-electron chi connectivity index (χ2n) is 8.98. The molecule has 1 heterocycles. The van der Waals surface area contributed by atoms with Gasteiger partial charge in [0.15, 0.2) is 11.5 Å². The van der Waals surface area contributed by atoms with Crippen LogP contribution in [0.1, 0.15) is 55.0 Å². The fourth-order valence-electron chi connectivity index (χ4n) is 4.72. The van der Waals surface area contributed by atoms with Crippen LogP contribution in [0, 0.1) is 0 Å². The van der Waals surface area contributed by atoms with Gasteiger partial charge < -0.3 is 9.47 Å². The van der Waals surface area contributed by atoms with E-state index in [0.29, 0.717) is 45.4 Å². The first-order chi connectivity index (χ1) is 17.6. The number of aromatic nitrogens is 2. The number of methoxy groups -OCH3 is 1. The molecule has 1 aromatic heterocycles. The van der Waals surface area contributed by atoms with Crippen molar-refractivity contribution in [2.75, 3.05) is 7.11 Å². The summed E-state index contributed by atoms with van der Waals surface area (Å²) in [5.74, 6) is 1.90. The molecule has 1 aliphatic rings. The predicted octanol–water partition coefficient (Wildman–Crippen LogP) is 6.57. The maximum atomic E-state index is 13.5. The molecule has 184 valence electrons. The number of nitrogens with zero attached hydrogens (tertiary/aromatic N) is 3. The lowest BCUT2D eigenvalue weighted by Crippen LogP contribution is -2.25. The number of fused-ring (bicyclic) bond motifs is 1. The second kappa shape index (κ2) is 11.0. The number of rotatable bonds is 7. The molecule has 7 heteroatoms. The van der Waals surface area contributed by atoms with Crippen LogP contribution < -0.4 is 15.0 Å². The van der Waals surface area contributed by atoms with Crippen LogP contribution in [0.2, 0.25) is 5.02 Å². The molecule has 0 radical (unpaired) electrons. The maximum absolute atomic E-state index is 13.5. The molecule has 0 aliphatic heterocycles. The smallest absolute Gasteiger partial charge is 0.282 e. The van der Waals surface area contributed by atoms with E-state index in [4.69, 9.17) is 26.1 Å². The lowest BCUT2D eigenvalue weighted by Gasteiger charge is -2.22. The zero-order chi connectivity index (χ0) is 24.9. The Balaban J connectivity index is 1.58. The van der Waals surface area contributed by atoms with Gasteiger partial charge in [-0.05, 0) is 36.6 Å². The van der Waals surface area contributed by atoms with Crippen molar-refractivity contribution in [3.8, 4) is 11.5 Å². The van der Waals surface area contributed by atoms with E-state index in [9.17, 15) is 4.79 Å². The standard InChI is InChI=1S/C29H28ClN3O3/c1-35-26-17-23(30)16-22(27(26)36-19-20-10-4-2-5-11-20)18-31-33-28(21-12-6-3-7-13-21)32-25-15-9-8-14-24(25)29(33)34/h2,4-5,8-11,14-18,21H,3,6-7,12-13,19H2,1H3. The van der Waals surface area contributed by atoms with Gasteiger partial charge in [0.25, 0.3) is 5.56 Å². The van der Waals surface area contributed by atoms with Crippen molar-refractivity contribution in [3.63, 3.8) is 0 Å². The van der Waals surface area contributed by atoms with E-state index < -0.39 is 0 Å². The third kappa shape index (κ3) is 5.14. The van der Waals surface area contributed by atoms with Crippen LogP contribution >= 0.6 is 11.6 Å². The SMILES string of the molecule is COc1cc(Cl)cc(C=Nn2c(C3CCCCC3)nc3ccccc3c2=O)c1OCc1ccccc1. The zero-order valence-electron chi connectivity index (χ0n) is 20.2. The van der Waals surface area contributed by atoms with Gasteiger partial charge in [-0.15, -0.1) is 0 Å². The summed E-state index contributed by atoms with van der Waals surface area (Å²) in [6.45, 7) is 0.352. The molecular formula is C29H28ClN3O3.